The van der Waals surface area contributed by atoms with Crippen molar-refractivity contribution in [3.63, 3.8) is 0 Å². The molecule has 4 N–H and O–H groups in total. The van der Waals surface area contributed by atoms with Gasteiger partial charge in [0.15, 0.2) is 0 Å². The van der Waals surface area contributed by atoms with Gasteiger partial charge >= 0.3 is 0 Å². The number of rotatable bonds is 6. The van der Waals surface area contributed by atoms with Crippen LogP contribution >= 0.6 is 0 Å². The lowest BCUT2D eigenvalue weighted by atomic mass is 10.1. The zero-order chi connectivity index (χ0) is 19.2. The molecule has 0 spiro atoms. The average molecular weight is 365 g/mol. The fourth-order valence-corrected chi connectivity index (χ4v) is 3.40. The Morgan fingerprint density at radius 1 is 1.00 bits per heavy atom. The van der Waals surface area contributed by atoms with Crippen LogP contribution in [0.4, 0.5) is 0 Å². The van der Waals surface area contributed by atoms with Crippen molar-refractivity contribution in [2.24, 2.45) is 11.7 Å². The SMILES string of the molecule is Cc1ccc(CNC(=O)c2cccc(CNC(=O)C3CCC(N)C3)c2)cc1. The van der Waals surface area contributed by atoms with Crippen LogP contribution in [0.15, 0.2) is 48.5 Å². The number of aryl methyl sites for hydroxylation is 1. The van der Waals surface area contributed by atoms with E-state index in [1.165, 1.54) is 5.56 Å². The first-order chi connectivity index (χ1) is 13.0. The Bertz CT molecular complexity index is 801. The Morgan fingerprint density at radius 3 is 2.44 bits per heavy atom. The molecule has 27 heavy (non-hydrogen) atoms. The third-order valence-electron chi connectivity index (χ3n) is 5.07. The molecule has 1 aliphatic carbocycles. The normalized spacial score (nSPS) is 18.9. The maximum absolute atomic E-state index is 12.4. The highest BCUT2D eigenvalue weighted by Crippen LogP contribution is 2.24. The summed E-state index contributed by atoms with van der Waals surface area (Å²) in [5.41, 5.74) is 9.64. The Hall–Kier alpha value is -2.66. The summed E-state index contributed by atoms with van der Waals surface area (Å²) in [7, 11) is 0. The molecule has 142 valence electrons. The molecule has 1 saturated carbocycles. The van der Waals surface area contributed by atoms with Gasteiger partial charge in [-0.3, -0.25) is 9.59 Å². The standard InChI is InChI=1S/C22H27N3O2/c1-15-5-7-16(8-6-15)13-24-21(26)18-4-2-3-17(11-18)14-25-22(27)19-9-10-20(23)12-19/h2-8,11,19-20H,9-10,12-14,23H2,1H3,(H,24,26)(H,25,27). The monoisotopic (exact) mass is 365 g/mol. The molecule has 2 unspecified atom stereocenters. The number of benzene rings is 2. The summed E-state index contributed by atoms with van der Waals surface area (Å²) in [5.74, 6) is -0.0521. The maximum Gasteiger partial charge on any atom is 0.251 e. The molecule has 1 aliphatic rings. The van der Waals surface area contributed by atoms with Crippen LogP contribution < -0.4 is 16.4 Å². The molecule has 5 nitrogen and oxygen atoms in total. The molecule has 0 aromatic heterocycles. The Kier molecular flexibility index (Phi) is 6.24. The highest BCUT2D eigenvalue weighted by molar-refractivity contribution is 5.94. The number of nitrogens with one attached hydrogen (secondary N) is 2. The van der Waals surface area contributed by atoms with Crippen LogP contribution in [0.25, 0.3) is 0 Å². The lowest BCUT2D eigenvalue weighted by Gasteiger charge is -2.12. The van der Waals surface area contributed by atoms with Gasteiger partial charge in [0.25, 0.3) is 5.91 Å². The van der Waals surface area contributed by atoms with E-state index in [-0.39, 0.29) is 23.8 Å². The number of hydrogen-bond acceptors (Lipinski definition) is 3. The Morgan fingerprint density at radius 2 is 1.74 bits per heavy atom. The fourth-order valence-electron chi connectivity index (χ4n) is 3.40. The van der Waals surface area contributed by atoms with Crippen LogP contribution in [0.5, 0.6) is 0 Å². The minimum absolute atomic E-state index is 0.0148. The van der Waals surface area contributed by atoms with Gasteiger partial charge in [0, 0.05) is 30.6 Å². The summed E-state index contributed by atoms with van der Waals surface area (Å²) in [6, 6.07) is 15.6. The number of nitrogens with two attached hydrogens (primary N) is 1. The molecule has 0 saturated heterocycles. The average Bonchev–Trinajstić information content (AvgIpc) is 3.12. The van der Waals surface area contributed by atoms with Crippen molar-refractivity contribution in [1.29, 1.82) is 0 Å². The molecule has 2 amide bonds. The summed E-state index contributed by atoms with van der Waals surface area (Å²) in [6.07, 6.45) is 2.52. The molecule has 0 radical (unpaired) electrons. The van der Waals surface area contributed by atoms with Gasteiger partial charge in [-0.25, -0.2) is 0 Å². The largest absolute Gasteiger partial charge is 0.352 e. The van der Waals surface area contributed by atoms with Crippen LogP contribution in [0.1, 0.15) is 46.3 Å². The van der Waals surface area contributed by atoms with Crippen LogP contribution in [-0.4, -0.2) is 17.9 Å². The second-order valence-electron chi connectivity index (χ2n) is 7.36. The van der Waals surface area contributed by atoms with E-state index in [0.29, 0.717) is 18.7 Å². The van der Waals surface area contributed by atoms with E-state index in [1.54, 1.807) is 6.07 Å². The minimum Gasteiger partial charge on any atom is -0.352 e. The first kappa shape index (κ1) is 19.1. The summed E-state index contributed by atoms with van der Waals surface area (Å²) in [5, 5.41) is 5.90. The highest BCUT2D eigenvalue weighted by Gasteiger charge is 2.27. The van der Waals surface area contributed by atoms with Gasteiger partial charge in [0.2, 0.25) is 5.91 Å². The van der Waals surface area contributed by atoms with Gasteiger partial charge in [-0.1, -0.05) is 42.0 Å². The zero-order valence-electron chi connectivity index (χ0n) is 15.7. The van der Waals surface area contributed by atoms with E-state index in [2.05, 4.69) is 10.6 Å². The first-order valence-corrected chi connectivity index (χ1v) is 9.47. The van der Waals surface area contributed by atoms with E-state index in [0.717, 1.165) is 30.4 Å². The lowest BCUT2D eigenvalue weighted by Crippen LogP contribution is -2.30. The predicted octanol–water partition coefficient (Wildman–Crippen LogP) is 2.67. The van der Waals surface area contributed by atoms with Crippen LogP contribution in [0.2, 0.25) is 0 Å². The fraction of sp³-hybridized carbons (Fsp3) is 0.364. The molecule has 2 aromatic carbocycles. The second-order valence-corrected chi connectivity index (χ2v) is 7.36. The minimum atomic E-state index is -0.120. The molecule has 3 rings (SSSR count). The molecule has 0 aliphatic heterocycles. The van der Waals surface area contributed by atoms with E-state index in [9.17, 15) is 9.59 Å². The molecule has 0 heterocycles. The number of amides is 2. The summed E-state index contributed by atoms with van der Waals surface area (Å²) in [6.45, 7) is 2.94. The van der Waals surface area contributed by atoms with Gasteiger partial charge < -0.3 is 16.4 Å². The van der Waals surface area contributed by atoms with E-state index in [1.807, 2.05) is 49.4 Å². The molecule has 1 fully saturated rings. The number of carbonyl (C=O) groups is 2. The van der Waals surface area contributed by atoms with E-state index < -0.39 is 0 Å². The Balaban J connectivity index is 1.52. The molecule has 2 aromatic rings. The van der Waals surface area contributed by atoms with Crippen molar-refractivity contribution in [2.75, 3.05) is 0 Å². The van der Waals surface area contributed by atoms with Crippen LogP contribution in [0, 0.1) is 12.8 Å². The molecular weight excluding hydrogens is 338 g/mol. The second kappa shape index (κ2) is 8.82. The van der Waals surface area contributed by atoms with Crippen LogP contribution in [0.3, 0.4) is 0 Å². The quantitative estimate of drug-likeness (QED) is 0.736. The van der Waals surface area contributed by atoms with Crippen molar-refractivity contribution in [3.8, 4) is 0 Å². The number of carbonyl (C=O) groups excluding carboxylic acids is 2. The third-order valence-corrected chi connectivity index (χ3v) is 5.07. The lowest BCUT2D eigenvalue weighted by molar-refractivity contribution is -0.125. The van der Waals surface area contributed by atoms with Gasteiger partial charge in [-0.15, -0.1) is 0 Å². The van der Waals surface area contributed by atoms with Gasteiger partial charge in [0.05, 0.1) is 0 Å². The summed E-state index contributed by atoms with van der Waals surface area (Å²) < 4.78 is 0. The summed E-state index contributed by atoms with van der Waals surface area (Å²) in [4.78, 5) is 24.6. The van der Waals surface area contributed by atoms with E-state index in [4.69, 9.17) is 5.73 Å². The van der Waals surface area contributed by atoms with Crippen molar-refractivity contribution >= 4 is 11.8 Å². The highest BCUT2D eigenvalue weighted by atomic mass is 16.2. The topological polar surface area (TPSA) is 84.2 Å². The smallest absolute Gasteiger partial charge is 0.251 e. The van der Waals surface area contributed by atoms with Gasteiger partial charge in [-0.05, 0) is 49.4 Å². The maximum atomic E-state index is 12.4. The van der Waals surface area contributed by atoms with E-state index >= 15 is 0 Å². The predicted molar refractivity (Wildman–Crippen MR) is 106 cm³/mol. The first-order valence-electron chi connectivity index (χ1n) is 9.47. The van der Waals surface area contributed by atoms with Crippen molar-refractivity contribution in [2.45, 2.75) is 45.3 Å². The Labute approximate surface area is 160 Å². The van der Waals surface area contributed by atoms with Crippen molar-refractivity contribution < 1.29 is 9.59 Å². The van der Waals surface area contributed by atoms with Crippen molar-refractivity contribution in [1.82, 2.24) is 10.6 Å². The third kappa shape index (κ3) is 5.41. The molecule has 0 bridgehead atoms. The van der Waals surface area contributed by atoms with Gasteiger partial charge in [0.1, 0.15) is 0 Å². The van der Waals surface area contributed by atoms with Crippen molar-refractivity contribution in [3.05, 3.63) is 70.8 Å². The van der Waals surface area contributed by atoms with Gasteiger partial charge in [-0.2, -0.15) is 0 Å². The van der Waals surface area contributed by atoms with Crippen LogP contribution in [-0.2, 0) is 17.9 Å². The summed E-state index contributed by atoms with van der Waals surface area (Å²) >= 11 is 0. The zero-order valence-corrected chi connectivity index (χ0v) is 15.7. The molecule has 2 atom stereocenters. The molecular formula is C22H27N3O2. The number of hydrogen-bond donors (Lipinski definition) is 3. The molecule has 5 heteroatoms.